The zero-order chi connectivity index (χ0) is 16.4. The molecule has 0 aliphatic carbocycles. The van der Waals surface area contributed by atoms with Crippen molar-refractivity contribution in [2.75, 3.05) is 37.9 Å². The first-order valence-electron chi connectivity index (χ1n) is 8.00. The van der Waals surface area contributed by atoms with Crippen LogP contribution < -0.4 is 9.46 Å². The minimum absolute atomic E-state index is 0.0990. The van der Waals surface area contributed by atoms with Crippen LogP contribution in [0.2, 0.25) is 0 Å². The maximum absolute atomic E-state index is 11.9. The maximum atomic E-state index is 11.9. The summed E-state index contributed by atoms with van der Waals surface area (Å²) in [5.74, 6) is 1.68. The van der Waals surface area contributed by atoms with E-state index in [-0.39, 0.29) is 5.75 Å². The molecule has 5 nitrogen and oxygen atoms in total. The largest absolute Gasteiger partial charge is 0.494 e. The SMILES string of the molecule is O=S(=O)(CCCOc1ccccc1)NCCSC1CCOCC1. The van der Waals surface area contributed by atoms with Gasteiger partial charge in [-0.25, -0.2) is 13.1 Å². The van der Waals surface area contributed by atoms with Crippen LogP contribution in [0.25, 0.3) is 0 Å². The first kappa shape index (κ1) is 18.6. The Morgan fingerprint density at radius 3 is 2.70 bits per heavy atom. The molecule has 1 aromatic rings. The second-order valence-electron chi connectivity index (χ2n) is 5.41. The number of sulfonamides is 1. The quantitative estimate of drug-likeness (QED) is 0.649. The molecule has 0 saturated carbocycles. The van der Waals surface area contributed by atoms with Crippen LogP contribution in [0, 0.1) is 0 Å². The Morgan fingerprint density at radius 2 is 1.96 bits per heavy atom. The zero-order valence-corrected chi connectivity index (χ0v) is 14.9. The molecule has 0 atom stereocenters. The molecular formula is C16H25NO4S2. The molecule has 1 saturated heterocycles. The Labute approximate surface area is 143 Å². The first-order valence-corrected chi connectivity index (χ1v) is 10.7. The number of hydrogen-bond donors (Lipinski definition) is 1. The van der Waals surface area contributed by atoms with Crippen LogP contribution in [-0.2, 0) is 14.8 Å². The lowest BCUT2D eigenvalue weighted by Gasteiger charge is -2.21. The van der Waals surface area contributed by atoms with Crippen LogP contribution in [0.5, 0.6) is 5.75 Å². The van der Waals surface area contributed by atoms with E-state index >= 15 is 0 Å². The number of para-hydroxylation sites is 1. The van der Waals surface area contributed by atoms with Gasteiger partial charge in [-0.05, 0) is 31.4 Å². The van der Waals surface area contributed by atoms with Crippen molar-refractivity contribution in [3.05, 3.63) is 30.3 Å². The average molecular weight is 360 g/mol. The molecule has 0 amide bonds. The summed E-state index contributed by atoms with van der Waals surface area (Å²) in [4.78, 5) is 0. The van der Waals surface area contributed by atoms with E-state index in [0.29, 0.717) is 24.8 Å². The molecule has 1 fully saturated rings. The van der Waals surface area contributed by atoms with E-state index in [1.165, 1.54) is 0 Å². The molecule has 1 aliphatic rings. The lowest BCUT2D eigenvalue weighted by molar-refractivity contribution is 0.100. The number of nitrogens with one attached hydrogen (secondary N) is 1. The van der Waals surface area contributed by atoms with Crippen molar-refractivity contribution in [1.82, 2.24) is 4.72 Å². The molecule has 7 heteroatoms. The van der Waals surface area contributed by atoms with Gasteiger partial charge in [-0.3, -0.25) is 0 Å². The maximum Gasteiger partial charge on any atom is 0.211 e. The molecule has 1 aromatic carbocycles. The number of thioether (sulfide) groups is 1. The highest BCUT2D eigenvalue weighted by Crippen LogP contribution is 2.21. The fraction of sp³-hybridized carbons (Fsp3) is 0.625. The summed E-state index contributed by atoms with van der Waals surface area (Å²) in [6, 6.07) is 9.42. The smallest absolute Gasteiger partial charge is 0.211 e. The predicted octanol–water partition coefficient (Wildman–Crippen LogP) is 2.29. The summed E-state index contributed by atoms with van der Waals surface area (Å²) >= 11 is 1.83. The summed E-state index contributed by atoms with van der Waals surface area (Å²) in [5.41, 5.74) is 0. The van der Waals surface area contributed by atoms with E-state index < -0.39 is 10.0 Å². The molecule has 0 aromatic heterocycles. The van der Waals surface area contributed by atoms with Gasteiger partial charge in [0, 0.05) is 30.8 Å². The van der Waals surface area contributed by atoms with Crippen molar-refractivity contribution in [2.24, 2.45) is 0 Å². The normalized spacial score (nSPS) is 16.3. The number of hydrogen-bond acceptors (Lipinski definition) is 5. The molecule has 0 spiro atoms. The standard InChI is InChI=1S/C16H25NO4S2/c18-23(19,14-4-10-21-15-5-2-1-3-6-15)17-9-13-22-16-7-11-20-12-8-16/h1-3,5-6,16-17H,4,7-14H2. The minimum Gasteiger partial charge on any atom is -0.494 e. The third-order valence-corrected chi connectivity index (χ3v) is 6.37. The van der Waals surface area contributed by atoms with E-state index in [0.717, 1.165) is 37.6 Å². The van der Waals surface area contributed by atoms with Crippen molar-refractivity contribution in [2.45, 2.75) is 24.5 Å². The van der Waals surface area contributed by atoms with Gasteiger partial charge in [0.15, 0.2) is 0 Å². The van der Waals surface area contributed by atoms with Gasteiger partial charge < -0.3 is 9.47 Å². The van der Waals surface area contributed by atoms with Crippen LogP contribution in [0.15, 0.2) is 30.3 Å². The topological polar surface area (TPSA) is 64.6 Å². The molecule has 0 radical (unpaired) electrons. The van der Waals surface area contributed by atoms with Crippen molar-refractivity contribution < 1.29 is 17.9 Å². The van der Waals surface area contributed by atoms with Gasteiger partial charge in [0.05, 0.1) is 12.4 Å². The molecule has 23 heavy (non-hydrogen) atoms. The molecule has 1 heterocycles. The molecule has 1 aliphatic heterocycles. The van der Waals surface area contributed by atoms with Gasteiger partial charge in [0.2, 0.25) is 10.0 Å². The molecular weight excluding hydrogens is 334 g/mol. The Balaban J connectivity index is 1.53. The molecule has 1 N–H and O–H groups in total. The van der Waals surface area contributed by atoms with E-state index in [9.17, 15) is 8.42 Å². The van der Waals surface area contributed by atoms with E-state index in [2.05, 4.69) is 4.72 Å². The van der Waals surface area contributed by atoms with Crippen LogP contribution >= 0.6 is 11.8 Å². The second-order valence-corrected chi connectivity index (χ2v) is 8.75. The van der Waals surface area contributed by atoms with E-state index in [1.54, 1.807) is 0 Å². The Kier molecular flexibility index (Phi) is 8.22. The highest BCUT2D eigenvalue weighted by Gasteiger charge is 2.14. The van der Waals surface area contributed by atoms with Gasteiger partial charge in [-0.2, -0.15) is 11.8 Å². The molecule has 130 valence electrons. The van der Waals surface area contributed by atoms with Gasteiger partial charge in [0.1, 0.15) is 5.75 Å². The van der Waals surface area contributed by atoms with Gasteiger partial charge in [0.25, 0.3) is 0 Å². The van der Waals surface area contributed by atoms with Crippen molar-refractivity contribution >= 4 is 21.8 Å². The van der Waals surface area contributed by atoms with Crippen LogP contribution in [0.1, 0.15) is 19.3 Å². The minimum atomic E-state index is -3.21. The second kappa shape index (κ2) is 10.2. The van der Waals surface area contributed by atoms with Crippen LogP contribution in [0.3, 0.4) is 0 Å². The third kappa shape index (κ3) is 8.06. The fourth-order valence-corrected chi connectivity index (χ4v) is 4.56. The van der Waals surface area contributed by atoms with Crippen LogP contribution in [0.4, 0.5) is 0 Å². The van der Waals surface area contributed by atoms with E-state index in [1.807, 2.05) is 42.1 Å². The highest BCUT2D eigenvalue weighted by atomic mass is 32.2. The number of ether oxygens (including phenoxy) is 2. The van der Waals surface area contributed by atoms with Crippen molar-refractivity contribution in [3.63, 3.8) is 0 Å². The Bertz CT molecular complexity index is 530. The lowest BCUT2D eigenvalue weighted by atomic mass is 10.2. The summed E-state index contributed by atoms with van der Waals surface area (Å²) in [6.07, 6.45) is 2.61. The predicted molar refractivity (Wildman–Crippen MR) is 94.6 cm³/mol. The molecule has 0 bridgehead atoms. The van der Waals surface area contributed by atoms with Crippen LogP contribution in [-0.4, -0.2) is 51.5 Å². The number of rotatable bonds is 10. The van der Waals surface area contributed by atoms with Gasteiger partial charge >= 0.3 is 0 Å². The summed E-state index contributed by atoms with van der Waals surface area (Å²) in [7, 11) is -3.21. The fourth-order valence-electron chi connectivity index (χ4n) is 2.29. The zero-order valence-electron chi connectivity index (χ0n) is 13.3. The Hall–Kier alpha value is -0.760. The molecule has 2 rings (SSSR count). The highest BCUT2D eigenvalue weighted by molar-refractivity contribution is 8.00. The molecule has 0 unspecified atom stereocenters. The Morgan fingerprint density at radius 1 is 1.22 bits per heavy atom. The lowest BCUT2D eigenvalue weighted by Crippen LogP contribution is -2.29. The summed E-state index contributed by atoms with van der Waals surface area (Å²) in [6.45, 7) is 2.54. The van der Waals surface area contributed by atoms with Gasteiger partial charge in [-0.1, -0.05) is 18.2 Å². The van der Waals surface area contributed by atoms with Crippen molar-refractivity contribution in [3.8, 4) is 5.75 Å². The third-order valence-electron chi connectivity index (χ3n) is 3.52. The van der Waals surface area contributed by atoms with Gasteiger partial charge in [-0.15, -0.1) is 0 Å². The first-order chi connectivity index (χ1) is 11.2. The van der Waals surface area contributed by atoms with E-state index in [4.69, 9.17) is 9.47 Å². The average Bonchev–Trinajstić information content (AvgIpc) is 2.58. The monoisotopic (exact) mass is 359 g/mol. The summed E-state index contributed by atoms with van der Waals surface area (Å²) in [5, 5.41) is 0.604. The number of benzene rings is 1. The van der Waals surface area contributed by atoms with Crippen molar-refractivity contribution in [1.29, 1.82) is 0 Å². The summed E-state index contributed by atoms with van der Waals surface area (Å²) < 4.78 is 37.3.